The quantitative estimate of drug-likeness (QED) is 0.333. The predicted octanol–water partition coefficient (Wildman–Crippen LogP) is 1.92. The Hall–Kier alpha value is -2.99. The van der Waals surface area contributed by atoms with Crippen LogP contribution in [0.25, 0.3) is 0 Å². The van der Waals surface area contributed by atoms with Crippen LogP contribution in [0.15, 0.2) is 11.6 Å². The molecule has 43 heavy (non-hydrogen) atoms. The monoisotopic (exact) mass is 606 g/mol. The first kappa shape index (κ1) is 31.4. The van der Waals surface area contributed by atoms with Gasteiger partial charge in [-0.25, -0.2) is 4.79 Å². The van der Waals surface area contributed by atoms with Gasteiger partial charge < -0.3 is 33.9 Å². The topological polar surface area (TPSA) is 172 Å². The van der Waals surface area contributed by atoms with Gasteiger partial charge in [-0.2, -0.15) is 0 Å². The zero-order valence-electron chi connectivity index (χ0n) is 25.4. The van der Waals surface area contributed by atoms with Crippen molar-refractivity contribution in [2.45, 2.75) is 109 Å². The van der Waals surface area contributed by atoms with Crippen molar-refractivity contribution in [1.82, 2.24) is 0 Å². The van der Waals surface area contributed by atoms with Crippen LogP contribution in [0.4, 0.5) is 0 Å². The van der Waals surface area contributed by atoms with E-state index >= 15 is 0 Å². The molecule has 5 rings (SSSR count). The molecule has 0 spiro atoms. The van der Waals surface area contributed by atoms with Gasteiger partial charge in [0.2, 0.25) is 0 Å². The maximum absolute atomic E-state index is 12.8. The molecule has 0 saturated heterocycles. The summed E-state index contributed by atoms with van der Waals surface area (Å²) in [4.78, 5) is 61.4. The molecule has 0 unspecified atom stereocenters. The second kappa shape index (κ2) is 10.9. The number of fused-ring (bicyclic) bond motifs is 5. The maximum Gasteiger partial charge on any atom is 0.331 e. The summed E-state index contributed by atoms with van der Waals surface area (Å²) in [6, 6.07) is 0. The van der Waals surface area contributed by atoms with Gasteiger partial charge in [-0.05, 0) is 49.5 Å². The molecule has 4 saturated carbocycles. The molecule has 12 nitrogen and oxygen atoms in total. The Labute approximate surface area is 250 Å². The molecular formula is C31H42O12. The molecule has 0 aromatic carbocycles. The fraction of sp³-hybridized carbons (Fsp3) is 0.774. The normalized spacial score (nSPS) is 43.2. The molecular weight excluding hydrogens is 564 g/mol. The van der Waals surface area contributed by atoms with E-state index in [-0.39, 0.29) is 44.8 Å². The van der Waals surface area contributed by atoms with Gasteiger partial charge in [0.15, 0.2) is 0 Å². The molecule has 1 aliphatic heterocycles. The summed E-state index contributed by atoms with van der Waals surface area (Å²) in [5.41, 5.74) is -4.58. The van der Waals surface area contributed by atoms with Crippen molar-refractivity contribution in [2.75, 3.05) is 13.2 Å². The molecule has 5 aliphatic rings. The highest BCUT2D eigenvalue weighted by Crippen LogP contribution is 2.71. The predicted molar refractivity (Wildman–Crippen MR) is 146 cm³/mol. The fourth-order valence-corrected chi connectivity index (χ4v) is 9.80. The standard InChI is InChI=1S/C31H42O12/c1-16(32)40-15-30-25(43-19(4)35)11-21(41-17(2)33)12-29(30,37)8-6-23-27(30)24(42-18(3)34)13-28(5)22(7-9-31(23,28)38)20-10-26(36)39-14-20/h10,21-25,27,37-38H,6-9,11-15H2,1-5H3/t21-,22+,23+,24-,25+,27-,28-,29+,30+,31-/m1/s1. The third-order valence-electron chi connectivity index (χ3n) is 11.2. The number of hydrogen-bond donors (Lipinski definition) is 2. The summed E-state index contributed by atoms with van der Waals surface area (Å²) in [5, 5.41) is 25.4. The highest BCUT2D eigenvalue weighted by atomic mass is 16.6. The molecule has 0 aromatic rings. The van der Waals surface area contributed by atoms with Gasteiger partial charge in [0.25, 0.3) is 0 Å². The minimum atomic E-state index is -1.68. The number of rotatable bonds is 6. The fourth-order valence-electron chi connectivity index (χ4n) is 9.80. The Morgan fingerprint density at radius 3 is 2.19 bits per heavy atom. The van der Waals surface area contributed by atoms with Gasteiger partial charge in [0.1, 0.15) is 31.5 Å². The van der Waals surface area contributed by atoms with Gasteiger partial charge in [-0.3, -0.25) is 19.2 Å². The van der Waals surface area contributed by atoms with Gasteiger partial charge in [-0.15, -0.1) is 0 Å². The molecule has 1 heterocycles. The van der Waals surface area contributed by atoms with Crippen molar-refractivity contribution in [2.24, 2.45) is 28.6 Å². The van der Waals surface area contributed by atoms with E-state index in [2.05, 4.69) is 0 Å². The summed E-state index contributed by atoms with van der Waals surface area (Å²) < 4.78 is 28.3. The summed E-state index contributed by atoms with van der Waals surface area (Å²) in [6.07, 6.45) is 0.250. The number of hydrogen-bond acceptors (Lipinski definition) is 12. The van der Waals surface area contributed by atoms with Gasteiger partial charge in [-0.1, -0.05) is 6.92 Å². The van der Waals surface area contributed by atoms with Crippen LogP contribution in [0.5, 0.6) is 0 Å². The third kappa shape index (κ3) is 4.94. The minimum Gasteiger partial charge on any atom is -0.465 e. The van der Waals surface area contributed by atoms with Crippen LogP contribution in [-0.4, -0.2) is 82.8 Å². The number of aliphatic hydroxyl groups is 2. The first-order valence-electron chi connectivity index (χ1n) is 15.0. The molecule has 4 fully saturated rings. The molecule has 12 heteroatoms. The second-order valence-electron chi connectivity index (χ2n) is 13.4. The van der Waals surface area contributed by atoms with E-state index in [4.69, 9.17) is 23.7 Å². The van der Waals surface area contributed by atoms with Gasteiger partial charge >= 0.3 is 29.8 Å². The Kier molecular flexibility index (Phi) is 7.95. The van der Waals surface area contributed by atoms with E-state index in [9.17, 15) is 34.2 Å². The number of carbonyl (C=O) groups excluding carboxylic acids is 5. The van der Waals surface area contributed by atoms with Crippen molar-refractivity contribution in [3.8, 4) is 0 Å². The summed E-state index contributed by atoms with van der Waals surface area (Å²) >= 11 is 0. The average molecular weight is 607 g/mol. The highest BCUT2D eigenvalue weighted by Gasteiger charge is 2.77. The number of esters is 5. The summed E-state index contributed by atoms with van der Waals surface area (Å²) in [7, 11) is 0. The molecule has 4 aliphatic carbocycles. The average Bonchev–Trinajstić information content (AvgIpc) is 3.41. The Bertz CT molecular complexity index is 1240. The van der Waals surface area contributed by atoms with E-state index in [1.165, 1.54) is 33.8 Å². The van der Waals surface area contributed by atoms with Crippen LogP contribution < -0.4 is 0 Å². The van der Waals surface area contributed by atoms with Crippen molar-refractivity contribution in [1.29, 1.82) is 0 Å². The lowest BCUT2D eigenvalue weighted by atomic mass is 9.40. The first-order chi connectivity index (χ1) is 20.1. The molecule has 238 valence electrons. The zero-order valence-corrected chi connectivity index (χ0v) is 25.4. The molecule has 0 radical (unpaired) electrons. The highest BCUT2D eigenvalue weighted by molar-refractivity contribution is 5.85. The van der Waals surface area contributed by atoms with Crippen LogP contribution in [0, 0.1) is 28.6 Å². The van der Waals surface area contributed by atoms with Crippen LogP contribution in [0.2, 0.25) is 0 Å². The molecule has 0 amide bonds. The Morgan fingerprint density at radius 2 is 1.60 bits per heavy atom. The van der Waals surface area contributed by atoms with Crippen molar-refractivity contribution < 1.29 is 57.9 Å². The molecule has 10 atom stereocenters. The van der Waals surface area contributed by atoms with Gasteiger partial charge in [0, 0.05) is 57.9 Å². The minimum absolute atomic E-state index is 0.0173. The van der Waals surface area contributed by atoms with E-state index < -0.39 is 82.0 Å². The number of carbonyl (C=O) groups is 5. The molecule has 0 aromatic heterocycles. The van der Waals surface area contributed by atoms with E-state index in [0.717, 1.165) is 5.57 Å². The SMILES string of the molecule is CC(=O)OC[C@]12[C@H]3[C@H](OC(C)=O)C[C@]4(C)[C@H](C5=CC(=O)OC5)CC[C@@]4(O)[C@H]3CC[C@]1(O)C[C@H](OC(C)=O)C[C@@H]2OC(C)=O. The van der Waals surface area contributed by atoms with Crippen molar-refractivity contribution in [3.63, 3.8) is 0 Å². The second-order valence-corrected chi connectivity index (χ2v) is 13.4. The molecule has 2 N–H and O–H groups in total. The van der Waals surface area contributed by atoms with E-state index in [1.54, 1.807) is 0 Å². The lowest BCUT2D eigenvalue weighted by Crippen LogP contribution is -2.76. The van der Waals surface area contributed by atoms with Crippen LogP contribution >= 0.6 is 0 Å². The van der Waals surface area contributed by atoms with Crippen LogP contribution in [0.3, 0.4) is 0 Å². The Morgan fingerprint density at radius 1 is 0.930 bits per heavy atom. The number of cyclic esters (lactones) is 1. The van der Waals surface area contributed by atoms with E-state index in [1.807, 2.05) is 6.92 Å². The summed E-state index contributed by atoms with van der Waals surface area (Å²) in [5.74, 6) is -4.43. The van der Waals surface area contributed by atoms with Crippen molar-refractivity contribution >= 4 is 29.8 Å². The lowest BCUT2D eigenvalue weighted by molar-refractivity contribution is -0.320. The lowest BCUT2D eigenvalue weighted by Gasteiger charge is -2.68. The van der Waals surface area contributed by atoms with Crippen LogP contribution in [-0.2, 0) is 47.7 Å². The smallest absolute Gasteiger partial charge is 0.331 e. The molecule has 0 bridgehead atoms. The number of ether oxygens (including phenoxy) is 5. The Balaban J connectivity index is 1.68. The van der Waals surface area contributed by atoms with Crippen LogP contribution in [0.1, 0.15) is 79.6 Å². The third-order valence-corrected chi connectivity index (χ3v) is 11.2. The summed E-state index contributed by atoms with van der Waals surface area (Å²) in [6.45, 7) is 6.70. The first-order valence-corrected chi connectivity index (χ1v) is 15.0. The van der Waals surface area contributed by atoms with Gasteiger partial charge in [0.05, 0.1) is 16.6 Å². The largest absolute Gasteiger partial charge is 0.465 e. The maximum atomic E-state index is 12.8. The zero-order chi connectivity index (χ0) is 31.5. The van der Waals surface area contributed by atoms with E-state index in [0.29, 0.717) is 19.3 Å². The van der Waals surface area contributed by atoms with Crippen molar-refractivity contribution in [3.05, 3.63) is 11.6 Å².